The Balaban J connectivity index is 0.000000365. The molecule has 0 aliphatic carbocycles. The van der Waals surface area contributed by atoms with Crippen molar-refractivity contribution in [1.82, 2.24) is 0 Å². The monoisotopic (exact) mass is 1190 g/mol. The fourth-order valence-electron chi connectivity index (χ4n) is 9.64. The Hall–Kier alpha value is -5.25. The summed E-state index contributed by atoms with van der Waals surface area (Å²) in [4.78, 5) is 26.6. The quantitative estimate of drug-likeness (QED) is 0.0414. The topological polar surface area (TPSA) is 165 Å². The van der Waals surface area contributed by atoms with Gasteiger partial charge in [-0.25, -0.2) is 9.59 Å². The predicted molar refractivity (Wildman–Crippen MR) is 336 cm³/mol. The summed E-state index contributed by atoms with van der Waals surface area (Å²) >= 11 is 0. The highest BCUT2D eigenvalue weighted by Gasteiger charge is 2.44. The maximum atomic E-state index is 13.4. The smallest absolute Gasteiger partial charge is 0.342 e. The first-order valence-electron chi connectivity index (χ1n) is 29.0. The Morgan fingerprint density at radius 1 is 0.578 bits per heavy atom. The minimum atomic E-state index is -1.62. The average molecular weight is 1190 g/mol. The van der Waals surface area contributed by atoms with Crippen LogP contribution in [0.5, 0.6) is 28.7 Å². The first-order chi connectivity index (χ1) is 38.9. The highest BCUT2D eigenvalue weighted by Crippen LogP contribution is 2.40. The van der Waals surface area contributed by atoms with Crippen molar-refractivity contribution in [2.24, 2.45) is 11.8 Å². The highest BCUT2D eigenvalue weighted by molar-refractivity contribution is 6.76. The molecule has 2 fully saturated rings. The van der Waals surface area contributed by atoms with Gasteiger partial charge in [0, 0.05) is 24.0 Å². The molecule has 83 heavy (non-hydrogen) atoms. The van der Waals surface area contributed by atoms with Gasteiger partial charge in [0.1, 0.15) is 39.9 Å². The van der Waals surface area contributed by atoms with E-state index in [9.17, 15) is 14.7 Å². The van der Waals surface area contributed by atoms with E-state index in [-0.39, 0.29) is 48.5 Å². The number of methoxy groups -OCH3 is 5. The van der Waals surface area contributed by atoms with Crippen LogP contribution in [0.25, 0.3) is 12.2 Å². The third-order valence-electron chi connectivity index (χ3n) is 14.0. The molecule has 2 aliphatic heterocycles. The molecule has 0 radical (unpaired) electrons. The van der Waals surface area contributed by atoms with Gasteiger partial charge in [-0.3, -0.25) is 0 Å². The summed E-state index contributed by atoms with van der Waals surface area (Å²) in [5.41, 5.74) is 4.98. The van der Waals surface area contributed by atoms with Gasteiger partial charge in [0.2, 0.25) is 0 Å². The fourth-order valence-corrected chi connectivity index (χ4v) is 10.8. The Kier molecular flexibility index (Phi) is 26.9. The summed E-state index contributed by atoms with van der Waals surface area (Å²) in [6.07, 6.45) is 18.8. The number of benzene rings is 3. The van der Waals surface area contributed by atoms with Crippen LogP contribution < -0.4 is 23.7 Å². The van der Waals surface area contributed by atoms with Gasteiger partial charge in [-0.2, -0.15) is 0 Å². The molecule has 2 aliphatic rings. The van der Waals surface area contributed by atoms with Gasteiger partial charge in [-0.1, -0.05) is 114 Å². The van der Waals surface area contributed by atoms with Crippen LogP contribution in [-0.4, -0.2) is 129 Å². The molecule has 2 heterocycles. The van der Waals surface area contributed by atoms with E-state index in [0.29, 0.717) is 83.6 Å². The zero-order chi connectivity index (χ0) is 62.0. The molecule has 17 heteroatoms. The van der Waals surface area contributed by atoms with E-state index in [1.807, 2.05) is 96.2 Å². The normalized spacial score (nSPS) is 20.3. The van der Waals surface area contributed by atoms with Gasteiger partial charge >= 0.3 is 11.9 Å². The second-order valence-corrected chi connectivity index (χ2v) is 35.9. The van der Waals surface area contributed by atoms with Gasteiger partial charge < -0.3 is 61.9 Å². The first-order valence-corrected chi connectivity index (χ1v) is 36.4. The number of carbonyl (C=O) groups is 2. The van der Waals surface area contributed by atoms with E-state index in [0.717, 1.165) is 28.9 Å². The van der Waals surface area contributed by atoms with Gasteiger partial charge in [-0.15, -0.1) is 0 Å². The number of aliphatic hydroxyl groups excluding tert-OH is 1. The molecule has 462 valence electrons. The summed E-state index contributed by atoms with van der Waals surface area (Å²) in [5.74, 6) is 0.949. The predicted octanol–water partition coefficient (Wildman–Crippen LogP) is 14.1. The van der Waals surface area contributed by atoms with Gasteiger partial charge in [-0.05, 0) is 121 Å². The maximum absolute atomic E-state index is 13.4. The maximum Gasteiger partial charge on any atom is 0.342 e. The molecule has 0 bridgehead atoms. The summed E-state index contributed by atoms with van der Waals surface area (Å²) in [6, 6.07) is 11.4. The molecule has 2 unspecified atom stereocenters. The number of carbonyl (C=O) groups excluding carboxylic acids is 2. The lowest BCUT2D eigenvalue weighted by Crippen LogP contribution is -2.30. The molecular weight excluding hydrogens is 1090 g/mol. The summed E-state index contributed by atoms with van der Waals surface area (Å²) in [6.45, 7) is 33.1. The number of aliphatic hydroxyl groups is 1. The van der Waals surface area contributed by atoms with E-state index in [2.05, 4.69) is 78.3 Å². The molecule has 0 amide bonds. The van der Waals surface area contributed by atoms with Crippen LogP contribution in [0.3, 0.4) is 0 Å². The fraction of sp³-hybridized carbons (Fsp3) is 0.576. The number of ether oxygens (including phenoxy) is 12. The van der Waals surface area contributed by atoms with Crippen LogP contribution in [0.15, 0.2) is 72.9 Å². The van der Waals surface area contributed by atoms with Crippen LogP contribution in [0, 0.1) is 25.7 Å². The summed E-state index contributed by atoms with van der Waals surface area (Å²) < 4.78 is 70.3. The lowest BCUT2D eigenvalue weighted by molar-refractivity contribution is -0.148. The Morgan fingerprint density at radius 2 is 0.976 bits per heavy atom. The van der Waals surface area contributed by atoms with Gasteiger partial charge in [0.25, 0.3) is 0 Å². The molecule has 0 aromatic heterocycles. The highest BCUT2D eigenvalue weighted by atomic mass is 28.3. The zero-order valence-corrected chi connectivity index (χ0v) is 55.8. The first kappa shape index (κ1) is 70.2. The van der Waals surface area contributed by atoms with E-state index in [1.165, 1.54) is 7.11 Å². The van der Waals surface area contributed by atoms with Crippen molar-refractivity contribution in [3.63, 3.8) is 0 Å². The van der Waals surface area contributed by atoms with Crippen molar-refractivity contribution in [2.75, 3.05) is 48.0 Å². The second-order valence-electron chi connectivity index (χ2n) is 25.1. The molecule has 0 spiro atoms. The van der Waals surface area contributed by atoms with Crippen LogP contribution in [0.2, 0.25) is 39.3 Å². The standard InChI is InChI=1S/C37H54O8Si.C29H46O7Si/c1-25(14-12-15-26(2)42-23-28-18-20-29(39-6)21-19-28)35-31(44-37(4,5)45-35)17-13-16-30-27(3)32(40-7)22-33(41-8)34(30)36(38)43-24-46(9,10)11;1-19(13-11-14-20(2)30)27-23(35-29(4,5)36-27)16-12-15-22-21(3)24(32-6)17-25(33-7)26(22)28(31)34-18-37(8,9)10/h12-14,16,18-22,25-26,31,35H,15,17,23-24H2,1-11H3;11-13,15,17,19-20,23,27,30H,14,16,18H2,1-10H3/b14-12-,16-13+;13-11-,15-12+/t25?,26-,31+,35-;19?,20-,23+,27-/m11/s1. The Bertz CT molecular complexity index is 2680. The average Bonchev–Trinajstić information content (AvgIpc) is 3.94. The molecule has 15 nitrogen and oxygen atoms in total. The minimum Gasteiger partial charge on any atom is -0.497 e. The SMILES string of the molecule is COc1cc(OC)c(C(=O)OC[Si](C)(C)C)c(/C=C/C[C@@H]2OC(C)(C)O[C@@H]2C(C)/C=C\C[C@@H](C)O)c1C.COc1ccc(CO[C@H](C)C/C=C\C(C)[C@H]2OC(C)(C)O[C@H]2C/C=C/c2c(C)c(OC)cc(OC)c2C(=O)OC[Si](C)(C)C)cc1. The number of rotatable bonds is 28. The molecule has 2 saturated heterocycles. The largest absolute Gasteiger partial charge is 0.497 e. The van der Waals surface area contributed by atoms with E-state index < -0.39 is 39.7 Å². The molecule has 0 saturated carbocycles. The molecule has 3 aromatic rings. The lowest BCUT2D eigenvalue weighted by Gasteiger charge is -2.21. The van der Waals surface area contributed by atoms with Crippen molar-refractivity contribution in [3.8, 4) is 28.7 Å². The summed E-state index contributed by atoms with van der Waals surface area (Å²) in [5, 5.41) is 9.56. The third-order valence-corrected chi connectivity index (χ3v) is 16.0. The van der Waals surface area contributed by atoms with Gasteiger partial charge in [0.05, 0.1) is 107 Å². The minimum absolute atomic E-state index is 0.0659. The zero-order valence-electron chi connectivity index (χ0n) is 53.8. The van der Waals surface area contributed by atoms with E-state index in [4.69, 9.17) is 56.8 Å². The Labute approximate surface area is 499 Å². The molecule has 1 N–H and O–H groups in total. The lowest BCUT2D eigenvalue weighted by atomic mass is 9.95. The molecule has 5 rings (SSSR count). The van der Waals surface area contributed by atoms with Crippen molar-refractivity contribution in [2.45, 2.75) is 189 Å². The molecule has 3 aromatic carbocycles. The molecule has 8 atom stereocenters. The third kappa shape index (κ3) is 22.0. The number of esters is 2. The van der Waals surface area contributed by atoms with Crippen molar-refractivity contribution in [3.05, 3.63) is 112 Å². The van der Waals surface area contributed by atoms with Crippen molar-refractivity contribution in [1.29, 1.82) is 0 Å². The van der Waals surface area contributed by atoms with Crippen molar-refractivity contribution < 1.29 is 71.5 Å². The number of hydrogen-bond donors (Lipinski definition) is 1. The van der Waals surface area contributed by atoms with Crippen LogP contribution in [-0.2, 0) is 39.8 Å². The summed E-state index contributed by atoms with van der Waals surface area (Å²) in [7, 11) is 4.74. The molecular formula is C66H100O15Si2. The van der Waals surface area contributed by atoms with Crippen LogP contribution in [0.1, 0.15) is 130 Å². The second kappa shape index (κ2) is 31.8. The van der Waals surface area contributed by atoms with Gasteiger partial charge in [0.15, 0.2) is 11.6 Å². The van der Waals surface area contributed by atoms with Crippen LogP contribution in [0.4, 0.5) is 0 Å². The van der Waals surface area contributed by atoms with Crippen molar-refractivity contribution >= 4 is 40.2 Å². The van der Waals surface area contributed by atoms with E-state index in [1.54, 1.807) is 47.5 Å². The van der Waals surface area contributed by atoms with E-state index >= 15 is 0 Å². The Morgan fingerprint density at radius 3 is 1.34 bits per heavy atom. The number of hydrogen-bond acceptors (Lipinski definition) is 15. The van der Waals surface area contributed by atoms with Crippen LogP contribution >= 0.6 is 0 Å².